The van der Waals surface area contributed by atoms with Crippen molar-refractivity contribution in [3.05, 3.63) is 22.6 Å². The third-order valence-electron chi connectivity index (χ3n) is 2.88. The lowest BCUT2D eigenvalue weighted by molar-refractivity contribution is 0.511. The molecule has 0 N–H and O–H groups in total. The molecule has 0 heterocycles. The molecular formula is C15H27NS. The molecule has 1 nitrogen and oxygen atoms in total. The number of hydrogen-bond donors (Lipinski definition) is 0. The van der Waals surface area contributed by atoms with E-state index in [4.69, 9.17) is 0 Å². The van der Waals surface area contributed by atoms with Gasteiger partial charge in [0.2, 0.25) is 0 Å². The number of allylic oxidation sites excluding steroid dienone is 4. The highest BCUT2D eigenvalue weighted by molar-refractivity contribution is 8.17. The van der Waals surface area contributed by atoms with E-state index in [0.29, 0.717) is 0 Å². The summed E-state index contributed by atoms with van der Waals surface area (Å²) in [5, 5.41) is 1.22. The summed E-state index contributed by atoms with van der Waals surface area (Å²) >= 11 is 1.80. The first-order chi connectivity index (χ1) is 7.87. The van der Waals surface area contributed by atoms with Crippen molar-refractivity contribution in [1.82, 2.24) is 0 Å². The smallest absolute Gasteiger partial charge is 0.0773 e. The van der Waals surface area contributed by atoms with Crippen LogP contribution in [0.15, 0.2) is 27.6 Å². The third kappa shape index (κ3) is 6.11. The highest BCUT2D eigenvalue weighted by atomic mass is 32.2. The molecule has 0 fully saturated rings. The van der Waals surface area contributed by atoms with E-state index in [-0.39, 0.29) is 5.41 Å². The summed E-state index contributed by atoms with van der Waals surface area (Å²) in [6.07, 6.45) is 6.70. The van der Waals surface area contributed by atoms with Crippen LogP contribution in [-0.4, -0.2) is 12.1 Å². The first kappa shape index (κ1) is 16.5. The molecular weight excluding hydrogens is 226 g/mol. The topological polar surface area (TPSA) is 12.4 Å². The molecule has 0 saturated carbocycles. The molecule has 0 unspecified atom stereocenters. The zero-order chi connectivity index (χ0) is 13.5. The van der Waals surface area contributed by atoms with Gasteiger partial charge in [0.1, 0.15) is 0 Å². The van der Waals surface area contributed by atoms with E-state index >= 15 is 0 Å². The van der Waals surface area contributed by atoms with Gasteiger partial charge in [-0.25, -0.2) is 0 Å². The van der Waals surface area contributed by atoms with Crippen LogP contribution < -0.4 is 0 Å². The van der Waals surface area contributed by atoms with Crippen LogP contribution in [0.25, 0.3) is 0 Å². The minimum absolute atomic E-state index is 0.177. The zero-order valence-electron chi connectivity index (χ0n) is 12.4. The number of nitrogens with zero attached hydrogens (tertiary/aromatic N) is 1. The van der Waals surface area contributed by atoms with E-state index in [2.05, 4.69) is 58.7 Å². The Balaban J connectivity index is 4.78. The van der Waals surface area contributed by atoms with Gasteiger partial charge >= 0.3 is 0 Å². The summed E-state index contributed by atoms with van der Waals surface area (Å²) in [4.78, 5) is 5.76. The molecule has 0 amide bonds. The Morgan fingerprint density at radius 2 is 1.82 bits per heavy atom. The van der Waals surface area contributed by atoms with Gasteiger partial charge in [0.15, 0.2) is 0 Å². The number of aliphatic imine (C=N–C) groups is 1. The van der Waals surface area contributed by atoms with Crippen molar-refractivity contribution in [1.29, 1.82) is 0 Å². The quantitative estimate of drug-likeness (QED) is 0.361. The van der Waals surface area contributed by atoms with Gasteiger partial charge in [-0.3, -0.25) is 4.99 Å². The molecule has 0 aromatic heterocycles. The van der Waals surface area contributed by atoms with Crippen molar-refractivity contribution in [3.63, 3.8) is 0 Å². The van der Waals surface area contributed by atoms with Crippen LogP contribution in [0, 0.1) is 5.41 Å². The zero-order valence-corrected chi connectivity index (χ0v) is 13.2. The van der Waals surface area contributed by atoms with E-state index in [1.165, 1.54) is 15.5 Å². The van der Waals surface area contributed by atoms with Crippen molar-refractivity contribution in [2.75, 3.05) is 7.05 Å². The lowest BCUT2D eigenvalue weighted by Crippen LogP contribution is -2.20. The van der Waals surface area contributed by atoms with Gasteiger partial charge in [0.25, 0.3) is 0 Å². The Morgan fingerprint density at radius 3 is 2.24 bits per heavy atom. The average molecular weight is 253 g/mol. The van der Waals surface area contributed by atoms with Crippen LogP contribution in [0.1, 0.15) is 54.4 Å². The van der Waals surface area contributed by atoms with E-state index in [0.717, 1.165) is 12.8 Å². The standard InChI is InChI=1S/C15H27NS/c1-8-10-12(3)11-13(4)17-14(16-7)15(5,6)9-2/h10-11H,8-9H2,1-7H3/b12-10-,13-11+,16-14-. The average Bonchev–Trinajstić information content (AvgIpc) is 2.25. The molecule has 0 aliphatic carbocycles. The van der Waals surface area contributed by atoms with E-state index in [9.17, 15) is 0 Å². The summed E-state index contributed by atoms with van der Waals surface area (Å²) < 4.78 is 0. The minimum Gasteiger partial charge on any atom is -0.285 e. The first-order valence-corrected chi connectivity index (χ1v) is 7.19. The maximum atomic E-state index is 4.44. The van der Waals surface area contributed by atoms with Crippen LogP contribution in [0.2, 0.25) is 0 Å². The van der Waals surface area contributed by atoms with Crippen LogP contribution in [0.4, 0.5) is 0 Å². The van der Waals surface area contributed by atoms with Crippen molar-refractivity contribution in [2.24, 2.45) is 10.4 Å². The summed E-state index contributed by atoms with van der Waals surface area (Å²) in [5.41, 5.74) is 1.51. The number of hydrogen-bond acceptors (Lipinski definition) is 2. The fourth-order valence-electron chi connectivity index (χ4n) is 1.52. The molecule has 0 aliphatic heterocycles. The summed E-state index contributed by atoms with van der Waals surface area (Å²) in [7, 11) is 1.89. The van der Waals surface area contributed by atoms with Crippen molar-refractivity contribution in [2.45, 2.75) is 54.4 Å². The van der Waals surface area contributed by atoms with Gasteiger partial charge in [0, 0.05) is 12.5 Å². The molecule has 98 valence electrons. The monoisotopic (exact) mass is 253 g/mol. The van der Waals surface area contributed by atoms with Gasteiger partial charge in [-0.15, -0.1) is 0 Å². The van der Waals surface area contributed by atoms with Crippen LogP contribution in [0.5, 0.6) is 0 Å². The Bertz CT molecular complexity index is 322. The first-order valence-electron chi connectivity index (χ1n) is 6.37. The van der Waals surface area contributed by atoms with Crippen LogP contribution >= 0.6 is 11.8 Å². The molecule has 0 radical (unpaired) electrons. The molecule has 0 aromatic carbocycles. The van der Waals surface area contributed by atoms with Crippen molar-refractivity contribution >= 4 is 16.8 Å². The maximum Gasteiger partial charge on any atom is 0.0773 e. The molecule has 0 saturated heterocycles. The van der Waals surface area contributed by atoms with Crippen LogP contribution in [0.3, 0.4) is 0 Å². The lowest BCUT2D eigenvalue weighted by atomic mass is 9.92. The number of rotatable bonds is 5. The predicted octanol–water partition coefficient (Wildman–Crippen LogP) is 5.44. The van der Waals surface area contributed by atoms with Crippen LogP contribution in [-0.2, 0) is 0 Å². The normalized spacial score (nSPS) is 15.4. The highest BCUT2D eigenvalue weighted by Gasteiger charge is 2.23. The third-order valence-corrected chi connectivity index (χ3v) is 4.25. The van der Waals surface area contributed by atoms with Gasteiger partial charge in [-0.1, -0.05) is 51.1 Å². The summed E-state index contributed by atoms with van der Waals surface area (Å²) in [6, 6.07) is 0. The Kier molecular flexibility index (Phi) is 7.53. The largest absolute Gasteiger partial charge is 0.285 e. The summed E-state index contributed by atoms with van der Waals surface area (Å²) in [5.74, 6) is 0. The van der Waals surface area contributed by atoms with Gasteiger partial charge in [-0.05, 0) is 37.7 Å². The SMILES string of the molecule is CC/C=C(C)\C=C(/C)S/C(=N\C)C(C)(C)CC. The minimum atomic E-state index is 0.177. The second-order valence-electron chi connectivity index (χ2n) is 4.98. The molecule has 0 aliphatic rings. The molecule has 0 aromatic rings. The van der Waals surface area contributed by atoms with Crippen molar-refractivity contribution in [3.8, 4) is 0 Å². The highest BCUT2D eigenvalue weighted by Crippen LogP contribution is 2.32. The van der Waals surface area contributed by atoms with Crippen molar-refractivity contribution < 1.29 is 0 Å². The summed E-state index contributed by atoms with van der Waals surface area (Å²) in [6.45, 7) is 13.2. The van der Waals surface area contributed by atoms with E-state index in [1.54, 1.807) is 11.8 Å². The fourth-order valence-corrected chi connectivity index (χ4v) is 2.58. The Hall–Kier alpha value is -0.500. The fraction of sp³-hybridized carbons (Fsp3) is 0.667. The van der Waals surface area contributed by atoms with Gasteiger partial charge in [0.05, 0.1) is 5.04 Å². The maximum absolute atomic E-state index is 4.44. The second kappa shape index (κ2) is 7.75. The second-order valence-corrected chi connectivity index (χ2v) is 6.21. The van der Waals surface area contributed by atoms with Gasteiger partial charge < -0.3 is 0 Å². The molecule has 17 heavy (non-hydrogen) atoms. The number of thioether (sulfide) groups is 1. The molecule has 0 bridgehead atoms. The predicted molar refractivity (Wildman–Crippen MR) is 82.8 cm³/mol. The molecule has 0 atom stereocenters. The van der Waals surface area contributed by atoms with E-state index < -0.39 is 0 Å². The molecule has 0 spiro atoms. The molecule has 0 rings (SSSR count). The molecule has 2 heteroatoms. The van der Waals surface area contributed by atoms with Gasteiger partial charge in [-0.2, -0.15) is 0 Å². The van der Waals surface area contributed by atoms with E-state index in [1.807, 2.05) is 7.05 Å². The lowest BCUT2D eigenvalue weighted by Gasteiger charge is -2.24. The Morgan fingerprint density at radius 1 is 1.24 bits per heavy atom. The Labute approximate surface area is 111 Å².